The van der Waals surface area contributed by atoms with Crippen LogP contribution >= 0.6 is 11.8 Å². The SMILES string of the molecule is CCOC(=O)C[C@H](C)SCc1nccn1C. The Morgan fingerprint density at radius 2 is 2.44 bits per heavy atom. The fourth-order valence-corrected chi connectivity index (χ4v) is 2.23. The number of rotatable bonds is 6. The number of nitrogens with zero attached hydrogens (tertiary/aromatic N) is 2. The average Bonchev–Trinajstić information content (AvgIpc) is 2.61. The van der Waals surface area contributed by atoms with Crippen LogP contribution in [0.4, 0.5) is 0 Å². The van der Waals surface area contributed by atoms with Crippen LogP contribution in [0.1, 0.15) is 26.1 Å². The second-order valence-corrected chi connectivity index (χ2v) is 5.01. The number of carbonyl (C=O) groups is 1. The van der Waals surface area contributed by atoms with Crippen molar-refractivity contribution >= 4 is 17.7 Å². The van der Waals surface area contributed by atoms with Crippen molar-refractivity contribution in [3.05, 3.63) is 18.2 Å². The first-order chi connectivity index (χ1) is 7.63. The molecule has 0 bridgehead atoms. The highest BCUT2D eigenvalue weighted by Gasteiger charge is 2.11. The number of hydrogen-bond acceptors (Lipinski definition) is 4. The van der Waals surface area contributed by atoms with E-state index in [1.807, 2.05) is 31.7 Å². The molecule has 0 amide bonds. The molecule has 0 spiro atoms. The summed E-state index contributed by atoms with van der Waals surface area (Å²) in [5.41, 5.74) is 0. The molecule has 0 N–H and O–H groups in total. The van der Waals surface area contributed by atoms with Crippen molar-refractivity contribution in [1.29, 1.82) is 0 Å². The summed E-state index contributed by atoms with van der Waals surface area (Å²) in [6.07, 6.45) is 4.17. The van der Waals surface area contributed by atoms with E-state index in [9.17, 15) is 4.79 Å². The van der Waals surface area contributed by atoms with Crippen LogP contribution in [0, 0.1) is 0 Å². The first kappa shape index (κ1) is 13.1. The van der Waals surface area contributed by atoms with E-state index in [-0.39, 0.29) is 11.2 Å². The Bertz CT molecular complexity index is 338. The molecule has 90 valence electrons. The van der Waals surface area contributed by atoms with Gasteiger partial charge in [-0.1, -0.05) is 6.92 Å². The summed E-state index contributed by atoms with van der Waals surface area (Å²) >= 11 is 1.72. The van der Waals surface area contributed by atoms with Crippen LogP contribution < -0.4 is 0 Å². The molecule has 0 unspecified atom stereocenters. The van der Waals surface area contributed by atoms with E-state index in [0.717, 1.165) is 11.6 Å². The number of ether oxygens (including phenoxy) is 1. The van der Waals surface area contributed by atoms with E-state index in [4.69, 9.17) is 4.74 Å². The molecule has 0 aliphatic heterocycles. The fourth-order valence-electron chi connectivity index (χ4n) is 1.27. The third-order valence-corrected chi connectivity index (χ3v) is 3.34. The first-order valence-corrected chi connectivity index (χ1v) is 6.41. The van der Waals surface area contributed by atoms with E-state index in [2.05, 4.69) is 4.98 Å². The van der Waals surface area contributed by atoms with Gasteiger partial charge in [0.1, 0.15) is 5.82 Å². The number of carbonyl (C=O) groups excluding carboxylic acids is 1. The smallest absolute Gasteiger partial charge is 0.306 e. The number of imidazole rings is 1. The summed E-state index contributed by atoms with van der Waals surface area (Å²) in [7, 11) is 1.97. The molecule has 0 radical (unpaired) electrons. The number of hydrogen-bond donors (Lipinski definition) is 0. The lowest BCUT2D eigenvalue weighted by Crippen LogP contribution is -2.11. The molecule has 0 saturated heterocycles. The van der Waals surface area contributed by atoms with Gasteiger partial charge in [0.15, 0.2) is 0 Å². The number of esters is 1. The fraction of sp³-hybridized carbons (Fsp3) is 0.636. The standard InChI is InChI=1S/C11H18N2O2S/c1-4-15-11(14)7-9(2)16-8-10-12-5-6-13(10)3/h5-6,9H,4,7-8H2,1-3H3/t9-/m0/s1. The Hall–Kier alpha value is -0.970. The topological polar surface area (TPSA) is 44.1 Å². The molecule has 1 heterocycles. The third kappa shape index (κ3) is 4.26. The molecule has 4 nitrogen and oxygen atoms in total. The Labute approximate surface area is 100 Å². The average molecular weight is 242 g/mol. The number of aromatic nitrogens is 2. The lowest BCUT2D eigenvalue weighted by molar-refractivity contribution is -0.142. The van der Waals surface area contributed by atoms with Crippen LogP contribution in [-0.4, -0.2) is 27.4 Å². The highest BCUT2D eigenvalue weighted by atomic mass is 32.2. The molecule has 16 heavy (non-hydrogen) atoms. The van der Waals surface area contributed by atoms with Crippen molar-refractivity contribution in [3.8, 4) is 0 Å². The lowest BCUT2D eigenvalue weighted by Gasteiger charge is -2.10. The van der Waals surface area contributed by atoms with Crippen LogP contribution in [0.5, 0.6) is 0 Å². The highest BCUT2D eigenvalue weighted by molar-refractivity contribution is 7.99. The van der Waals surface area contributed by atoms with Gasteiger partial charge in [0.2, 0.25) is 0 Å². The van der Waals surface area contributed by atoms with Gasteiger partial charge in [-0.05, 0) is 6.92 Å². The zero-order valence-electron chi connectivity index (χ0n) is 9.97. The van der Waals surface area contributed by atoms with Crippen molar-refractivity contribution in [3.63, 3.8) is 0 Å². The van der Waals surface area contributed by atoms with E-state index < -0.39 is 0 Å². The van der Waals surface area contributed by atoms with Crippen molar-refractivity contribution < 1.29 is 9.53 Å². The number of aryl methyl sites for hydroxylation is 1. The second-order valence-electron chi connectivity index (χ2n) is 3.59. The van der Waals surface area contributed by atoms with Gasteiger partial charge in [-0.3, -0.25) is 4.79 Å². The van der Waals surface area contributed by atoms with E-state index in [0.29, 0.717) is 13.0 Å². The van der Waals surface area contributed by atoms with Gasteiger partial charge in [-0.25, -0.2) is 4.98 Å². The summed E-state index contributed by atoms with van der Waals surface area (Å²) < 4.78 is 6.89. The molecule has 0 aromatic carbocycles. The monoisotopic (exact) mass is 242 g/mol. The Morgan fingerprint density at radius 1 is 1.69 bits per heavy atom. The van der Waals surface area contributed by atoms with Crippen LogP contribution in [0.25, 0.3) is 0 Å². The molecule has 1 aromatic rings. The molecule has 0 fully saturated rings. The maximum absolute atomic E-state index is 11.2. The molecular formula is C11H18N2O2S. The van der Waals surface area contributed by atoms with Crippen LogP contribution in [0.3, 0.4) is 0 Å². The predicted octanol–water partition coefficient (Wildman–Crippen LogP) is 2.00. The Morgan fingerprint density at radius 3 is 3.00 bits per heavy atom. The molecule has 0 aliphatic carbocycles. The maximum atomic E-state index is 11.2. The maximum Gasteiger partial charge on any atom is 0.306 e. The molecule has 0 saturated carbocycles. The third-order valence-electron chi connectivity index (χ3n) is 2.18. The highest BCUT2D eigenvalue weighted by Crippen LogP contribution is 2.19. The molecule has 1 aromatic heterocycles. The first-order valence-electron chi connectivity index (χ1n) is 5.37. The second kappa shape index (κ2) is 6.58. The van der Waals surface area contributed by atoms with Gasteiger partial charge in [0.05, 0.1) is 18.8 Å². The van der Waals surface area contributed by atoms with Crippen LogP contribution in [-0.2, 0) is 22.3 Å². The van der Waals surface area contributed by atoms with Crippen LogP contribution in [0.2, 0.25) is 0 Å². The van der Waals surface area contributed by atoms with E-state index >= 15 is 0 Å². The van der Waals surface area contributed by atoms with Crippen LogP contribution in [0.15, 0.2) is 12.4 Å². The van der Waals surface area contributed by atoms with Gasteiger partial charge in [-0.2, -0.15) is 11.8 Å². The minimum Gasteiger partial charge on any atom is -0.466 e. The van der Waals surface area contributed by atoms with Crippen molar-refractivity contribution in [2.24, 2.45) is 7.05 Å². The largest absolute Gasteiger partial charge is 0.466 e. The van der Waals surface area contributed by atoms with Crippen molar-refractivity contribution in [1.82, 2.24) is 9.55 Å². The lowest BCUT2D eigenvalue weighted by atomic mass is 10.3. The summed E-state index contributed by atoms with van der Waals surface area (Å²) in [6, 6.07) is 0. The van der Waals surface area contributed by atoms with Gasteiger partial charge < -0.3 is 9.30 Å². The zero-order chi connectivity index (χ0) is 12.0. The van der Waals surface area contributed by atoms with Gasteiger partial charge in [-0.15, -0.1) is 0 Å². The Balaban J connectivity index is 2.27. The van der Waals surface area contributed by atoms with Crippen molar-refractivity contribution in [2.75, 3.05) is 6.61 Å². The molecule has 5 heteroatoms. The normalized spacial score (nSPS) is 12.4. The molecular weight excluding hydrogens is 224 g/mol. The Kier molecular flexibility index (Phi) is 5.38. The van der Waals surface area contributed by atoms with Crippen molar-refractivity contribution in [2.45, 2.75) is 31.3 Å². The zero-order valence-corrected chi connectivity index (χ0v) is 10.8. The minimum atomic E-state index is -0.123. The summed E-state index contributed by atoms with van der Waals surface area (Å²) in [6.45, 7) is 4.31. The summed E-state index contributed by atoms with van der Waals surface area (Å²) in [5, 5.41) is 0.260. The predicted molar refractivity (Wildman–Crippen MR) is 65.2 cm³/mol. The van der Waals surface area contributed by atoms with Gasteiger partial charge in [0, 0.05) is 24.7 Å². The number of thioether (sulfide) groups is 1. The van der Waals surface area contributed by atoms with Gasteiger partial charge >= 0.3 is 5.97 Å². The minimum absolute atomic E-state index is 0.123. The van der Waals surface area contributed by atoms with E-state index in [1.54, 1.807) is 18.0 Å². The molecule has 0 aliphatic rings. The van der Waals surface area contributed by atoms with Gasteiger partial charge in [0.25, 0.3) is 0 Å². The molecule has 1 rings (SSSR count). The van der Waals surface area contributed by atoms with E-state index in [1.165, 1.54) is 0 Å². The molecule has 1 atom stereocenters. The quantitative estimate of drug-likeness (QED) is 0.716. The summed E-state index contributed by atoms with van der Waals surface area (Å²) in [4.78, 5) is 15.5. The summed E-state index contributed by atoms with van der Waals surface area (Å²) in [5.74, 6) is 1.73.